The molecule has 1 heterocycles. The molecule has 3 fully saturated rings. The highest BCUT2D eigenvalue weighted by Crippen LogP contribution is 2.70. The SMILES string of the molecule is O=C1NC(=O)[C@@]23CCCC[C@@]12C[C@H]3CO. The molecule has 4 nitrogen and oxygen atoms in total. The number of hydrogen-bond donors (Lipinski definition) is 2. The number of aliphatic hydroxyl groups is 1. The second-order valence-electron chi connectivity index (χ2n) is 5.13. The van der Waals surface area contributed by atoms with Gasteiger partial charge in [-0.3, -0.25) is 14.9 Å². The first-order chi connectivity index (χ1) is 7.17. The highest BCUT2D eigenvalue weighted by molar-refractivity contribution is 6.11. The lowest BCUT2D eigenvalue weighted by molar-refractivity contribution is -0.183. The highest BCUT2D eigenvalue weighted by atomic mass is 16.3. The predicted molar refractivity (Wildman–Crippen MR) is 51.7 cm³/mol. The van der Waals surface area contributed by atoms with Crippen LogP contribution in [0.1, 0.15) is 32.1 Å². The van der Waals surface area contributed by atoms with E-state index in [0.29, 0.717) is 6.42 Å². The van der Waals surface area contributed by atoms with Crippen molar-refractivity contribution >= 4 is 11.8 Å². The van der Waals surface area contributed by atoms with E-state index in [0.717, 1.165) is 25.7 Å². The molecule has 0 aromatic rings. The standard InChI is InChI=1S/C11H15NO3/c13-6-7-5-10-3-1-2-4-11(7,10)9(15)12-8(10)14/h7,13H,1-6H2,(H,12,14,15)/t7-,10+,11-/m0/s1. The van der Waals surface area contributed by atoms with Crippen LogP contribution in [0.3, 0.4) is 0 Å². The van der Waals surface area contributed by atoms with E-state index in [1.54, 1.807) is 0 Å². The number of hydrogen-bond acceptors (Lipinski definition) is 3. The van der Waals surface area contributed by atoms with Gasteiger partial charge < -0.3 is 5.11 Å². The van der Waals surface area contributed by atoms with Crippen molar-refractivity contribution in [3.63, 3.8) is 0 Å². The molecule has 4 heteroatoms. The van der Waals surface area contributed by atoms with Gasteiger partial charge in [-0.25, -0.2) is 0 Å². The van der Waals surface area contributed by atoms with Gasteiger partial charge in [-0.15, -0.1) is 0 Å². The zero-order chi connectivity index (χ0) is 10.7. The van der Waals surface area contributed by atoms with E-state index in [-0.39, 0.29) is 24.3 Å². The number of carbonyl (C=O) groups excluding carboxylic acids is 2. The molecule has 1 saturated heterocycles. The van der Waals surface area contributed by atoms with Crippen LogP contribution < -0.4 is 5.32 Å². The molecule has 0 aromatic heterocycles. The van der Waals surface area contributed by atoms with Gasteiger partial charge in [-0.05, 0) is 25.2 Å². The highest BCUT2D eigenvalue weighted by Gasteiger charge is 2.76. The zero-order valence-electron chi connectivity index (χ0n) is 8.58. The van der Waals surface area contributed by atoms with Crippen LogP contribution in [-0.2, 0) is 9.59 Å². The van der Waals surface area contributed by atoms with E-state index in [4.69, 9.17) is 0 Å². The third-order valence-electron chi connectivity index (χ3n) is 4.86. The average molecular weight is 209 g/mol. The second-order valence-corrected chi connectivity index (χ2v) is 5.13. The van der Waals surface area contributed by atoms with Crippen molar-refractivity contribution in [3.05, 3.63) is 0 Å². The van der Waals surface area contributed by atoms with Crippen molar-refractivity contribution in [2.45, 2.75) is 32.1 Å². The van der Waals surface area contributed by atoms with Gasteiger partial charge in [0.1, 0.15) is 0 Å². The topological polar surface area (TPSA) is 66.4 Å². The van der Waals surface area contributed by atoms with Crippen LogP contribution in [0.2, 0.25) is 0 Å². The molecule has 0 spiro atoms. The van der Waals surface area contributed by atoms with Crippen molar-refractivity contribution in [1.82, 2.24) is 5.32 Å². The van der Waals surface area contributed by atoms with Crippen LogP contribution in [0.15, 0.2) is 0 Å². The first-order valence-electron chi connectivity index (χ1n) is 5.64. The summed E-state index contributed by atoms with van der Waals surface area (Å²) >= 11 is 0. The van der Waals surface area contributed by atoms with Gasteiger partial charge in [0.05, 0.1) is 10.8 Å². The van der Waals surface area contributed by atoms with Gasteiger partial charge in [0.15, 0.2) is 0 Å². The molecular formula is C11H15NO3. The molecule has 0 aromatic carbocycles. The van der Waals surface area contributed by atoms with Crippen molar-refractivity contribution in [2.24, 2.45) is 16.7 Å². The summed E-state index contributed by atoms with van der Waals surface area (Å²) in [6.07, 6.45) is 4.32. The summed E-state index contributed by atoms with van der Waals surface area (Å²) in [6.45, 7) is 0.0302. The molecule has 3 atom stereocenters. The summed E-state index contributed by atoms with van der Waals surface area (Å²) in [5.74, 6) is -0.210. The van der Waals surface area contributed by atoms with Gasteiger partial charge in [0.2, 0.25) is 11.8 Å². The quantitative estimate of drug-likeness (QED) is 0.606. The van der Waals surface area contributed by atoms with Crippen molar-refractivity contribution in [2.75, 3.05) is 6.61 Å². The number of rotatable bonds is 1. The Bertz CT molecular complexity index is 354. The summed E-state index contributed by atoms with van der Waals surface area (Å²) in [4.78, 5) is 23.8. The van der Waals surface area contributed by atoms with E-state index in [1.165, 1.54) is 0 Å². The Hall–Kier alpha value is -0.900. The molecule has 2 saturated carbocycles. The summed E-state index contributed by atoms with van der Waals surface area (Å²) in [6, 6.07) is 0. The van der Waals surface area contributed by atoms with Crippen LogP contribution in [0, 0.1) is 16.7 Å². The monoisotopic (exact) mass is 209 g/mol. The Morgan fingerprint density at radius 3 is 2.73 bits per heavy atom. The number of imide groups is 1. The van der Waals surface area contributed by atoms with Crippen LogP contribution in [0.25, 0.3) is 0 Å². The van der Waals surface area contributed by atoms with Crippen LogP contribution in [0.5, 0.6) is 0 Å². The smallest absolute Gasteiger partial charge is 0.234 e. The molecule has 15 heavy (non-hydrogen) atoms. The first-order valence-corrected chi connectivity index (χ1v) is 5.64. The van der Waals surface area contributed by atoms with Gasteiger partial charge in [-0.1, -0.05) is 12.8 Å². The minimum absolute atomic E-state index is 0.00394. The molecule has 1 aliphatic heterocycles. The molecule has 82 valence electrons. The number of carbonyl (C=O) groups is 2. The van der Waals surface area contributed by atoms with Crippen molar-refractivity contribution in [1.29, 1.82) is 0 Å². The number of nitrogens with one attached hydrogen (secondary N) is 1. The number of amides is 2. The summed E-state index contributed by atoms with van der Waals surface area (Å²) < 4.78 is 0. The zero-order valence-corrected chi connectivity index (χ0v) is 8.58. The lowest BCUT2D eigenvalue weighted by atomic mass is 9.40. The Morgan fingerprint density at radius 1 is 1.27 bits per heavy atom. The summed E-state index contributed by atoms with van der Waals surface area (Å²) in [5.41, 5.74) is -0.993. The molecule has 2 amide bonds. The lowest BCUT2D eigenvalue weighted by Crippen LogP contribution is -2.63. The third kappa shape index (κ3) is 0.759. The molecular weight excluding hydrogens is 194 g/mol. The van der Waals surface area contributed by atoms with Crippen LogP contribution in [-0.4, -0.2) is 23.5 Å². The molecule has 2 aliphatic carbocycles. The Morgan fingerprint density at radius 2 is 2.00 bits per heavy atom. The normalized spacial score (nSPS) is 47.9. The van der Waals surface area contributed by atoms with Crippen molar-refractivity contribution < 1.29 is 14.7 Å². The van der Waals surface area contributed by atoms with E-state index in [9.17, 15) is 14.7 Å². The molecule has 3 rings (SSSR count). The maximum absolute atomic E-state index is 11.9. The Balaban J connectivity index is 2.09. The van der Waals surface area contributed by atoms with Crippen molar-refractivity contribution in [3.8, 4) is 0 Å². The first kappa shape index (κ1) is 9.33. The number of aliphatic hydroxyl groups excluding tert-OH is 1. The fraction of sp³-hybridized carbons (Fsp3) is 0.818. The van der Waals surface area contributed by atoms with Gasteiger partial charge in [0, 0.05) is 6.61 Å². The largest absolute Gasteiger partial charge is 0.396 e. The molecule has 0 bridgehead atoms. The van der Waals surface area contributed by atoms with Gasteiger partial charge in [-0.2, -0.15) is 0 Å². The third-order valence-corrected chi connectivity index (χ3v) is 4.86. The van der Waals surface area contributed by atoms with E-state index in [2.05, 4.69) is 5.32 Å². The maximum Gasteiger partial charge on any atom is 0.234 e. The Labute approximate surface area is 88.0 Å². The van der Waals surface area contributed by atoms with Gasteiger partial charge in [0.25, 0.3) is 0 Å². The lowest BCUT2D eigenvalue weighted by Gasteiger charge is -2.59. The van der Waals surface area contributed by atoms with E-state index in [1.807, 2.05) is 0 Å². The van der Waals surface area contributed by atoms with Crippen LogP contribution in [0.4, 0.5) is 0 Å². The second kappa shape index (κ2) is 2.61. The van der Waals surface area contributed by atoms with E-state index >= 15 is 0 Å². The fourth-order valence-electron chi connectivity index (χ4n) is 4.12. The minimum Gasteiger partial charge on any atom is -0.396 e. The maximum atomic E-state index is 11.9. The molecule has 0 radical (unpaired) electrons. The minimum atomic E-state index is -0.545. The fourth-order valence-corrected chi connectivity index (χ4v) is 4.12. The van der Waals surface area contributed by atoms with Gasteiger partial charge >= 0.3 is 0 Å². The molecule has 0 unspecified atom stereocenters. The molecule has 2 N–H and O–H groups in total. The summed E-state index contributed by atoms with van der Waals surface area (Å²) in [7, 11) is 0. The Kier molecular flexibility index (Phi) is 1.63. The average Bonchev–Trinajstić information content (AvgIpc) is 2.37. The predicted octanol–water partition coefficient (Wildman–Crippen LogP) is 0.202. The van der Waals surface area contributed by atoms with Crippen LogP contribution >= 0.6 is 0 Å². The van der Waals surface area contributed by atoms with E-state index < -0.39 is 10.8 Å². The molecule has 3 aliphatic rings. The summed E-state index contributed by atoms with van der Waals surface area (Å²) in [5, 5.41) is 11.8.